The number of aryl methyl sites for hydroxylation is 2. The van der Waals surface area contributed by atoms with E-state index in [1.807, 2.05) is 77.9 Å². The van der Waals surface area contributed by atoms with E-state index in [4.69, 9.17) is 9.47 Å². The molecule has 0 aliphatic carbocycles. The molecule has 0 fully saturated rings. The van der Waals surface area contributed by atoms with E-state index >= 15 is 0 Å². The van der Waals surface area contributed by atoms with Gasteiger partial charge >= 0.3 is 11.9 Å². The second-order valence-electron chi connectivity index (χ2n) is 14.4. The molecule has 0 heterocycles. The molecule has 0 aliphatic rings. The number of ether oxygens (including phenoxy) is 2. The Hall–Kier alpha value is -2.98. The van der Waals surface area contributed by atoms with Crippen LogP contribution >= 0.6 is 21.6 Å². The van der Waals surface area contributed by atoms with Crippen molar-refractivity contribution in [3.05, 3.63) is 58.7 Å². The van der Waals surface area contributed by atoms with Crippen LogP contribution in [0, 0.1) is 25.7 Å². The molecule has 0 radical (unpaired) electrons. The lowest BCUT2D eigenvalue weighted by molar-refractivity contribution is -0.158. The Morgan fingerprint density at radius 2 is 0.957 bits per heavy atom. The van der Waals surface area contributed by atoms with Gasteiger partial charge in [0, 0.05) is 9.79 Å². The predicted molar refractivity (Wildman–Crippen MR) is 187 cm³/mol. The summed E-state index contributed by atoms with van der Waals surface area (Å²) in [7, 11) is 2.71. The molecule has 2 aromatic carbocycles. The van der Waals surface area contributed by atoms with Crippen molar-refractivity contribution in [2.24, 2.45) is 11.8 Å². The Balaban J connectivity index is 2.36. The van der Waals surface area contributed by atoms with Gasteiger partial charge in [-0.25, -0.2) is 9.59 Å². The van der Waals surface area contributed by atoms with Crippen molar-refractivity contribution in [3.8, 4) is 0 Å². The van der Waals surface area contributed by atoms with Crippen LogP contribution in [0.4, 0.5) is 0 Å². The molecule has 0 saturated heterocycles. The van der Waals surface area contributed by atoms with Crippen molar-refractivity contribution in [1.29, 1.82) is 0 Å². The van der Waals surface area contributed by atoms with Gasteiger partial charge in [-0.1, -0.05) is 73.5 Å². The molecule has 2 aromatic rings. The molecule has 8 nitrogen and oxygen atoms in total. The summed E-state index contributed by atoms with van der Waals surface area (Å²) < 4.78 is 11.2. The Kier molecular flexibility index (Phi) is 14.3. The number of hydrogen-bond acceptors (Lipinski definition) is 8. The molecule has 0 aliphatic heterocycles. The number of carbonyl (C=O) groups excluding carboxylic acids is 4. The summed E-state index contributed by atoms with van der Waals surface area (Å²) in [6.07, 6.45) is 0.874. The average molecular weight is 673 g/mol. The molecule has 2 rings (SSSR count). The van der Waals surface area contributed by atoms with Crippen LogP contribution in [0.5, 0.6) is 0 Å². The predicted octanol–water partition coefficient (Wildman–Crippen LogP) is 8.08. The van der Waals surface area contributed by atoms with Crippen molar-refractivity contribution >= 4 is 45.3 Å². The number of amides is 2. The maximum atomic E-state index is 13.7. The van der Waals surface area contributed by atoms with Gasteiger partial charge in [-0.05, 0) is 103 Å². The number of nitrogens with one attached hydrogen (secondary N) is 2. The largest absolute Gasteiger partial charge is 0.458 e. The summed E-state index contributed by atoms with van der Waals surface area (Å²) in [6.45, 7) is 22.5. The molecule has 254 valence electrons. The van der Waals surface area contributed by atoms with Crippen LogP contribution in [0.25, 0.3) is 0 Å². The highest BCUT2D eigenvalue weighted by molar-refractivity contribution is 8.76. The number of benzene rings is 2. The summed E-state index contributed by atoms with van der Waals surface area (Å²) in [5.74, 6) is -1.36. The zero-order valence-corrected chi connectivity index (χ0v) is 31.1. The monoisotopic (exact) mass is 672 g/mol. The van der Waals surface area contributed by atoms with Crippen LogP contribution in [0.15, 0.2) is 46.2 Å². The lowest BCUT2D eigenvalue weighted by Gasteiger charge is -2.26. The minimum absolute atomic E-state index is 0.153. The minimum Gasteiger partial charge on any atom is -0.458 e. The van der Waals surface area contributed by atoms with Gasteiger partial charge in [0.05, 0.1) is 11.1 Å². The first kappa shape index (κ1) is 39.2. The first-order chi connectivity index (χ1) is 21.2. The fraction of sp³-hybridized carbons (Fsp3) is 0.556. The molecular weight excluding hydrogens is 621 g/mol. The molecular formula is C36H52N2O6S2. The average Bonchev–Trinajstić information content (AvgIpc) is 2.88. The van der Waals surface area contributed by atoms with E-state index in [2.05, 4.69) is 10.6 Å². The van der Waals surface area contributed by atoms with Gasteiger partial charge in [0.25, 0.3) is 11.8 Å². The van der Waals surface area contributed by atoms with Gasteiger partial charge in [-0.15, -0.1) is 0 Å². The first-order valence-corrected chi connectivity index (χ1v) is 17.9. The Bertz CT molecular complexity index is 1290. The van der Waals surface area contributed by atoms with Crippen LogP contribution in [-0.2, 0) is 19.1 Å². The summed E-state index contributed by atoms with van der Waals surface area (Å²) in [4.78, 5) is 54.8. The number of carbonyl (C=O) groups is 4. The highest BCUT2D eigenvalue weighted by Gasteiger charge is 2.31. The Morgan fingerprint density at radius 3 is 1.24 bits per heavy atom. The second kappa shape index (κ2) is 16.7. The van der Waals surface area contributed by atoms with Crippen LogP contribution in [-0.4, -0.2) is 47.0 Å². The van der Waals surface area contributed by atoms with E-state index in [-0.39, 0.29) is 23.7 Å². The Morgan fingerprint density at radius 1 is 0.630 bits per heavy atom. The van der Waals surface area contributed by atoms with Gasteiger partial charge in [-0.2, -0.15) is 0 Å². The van der Waals surface area contributed by atoms with Crippen LogP contribution < -0.4 is 10.6 Å². The summed E-state index contributed by atoms with van der Waals surface area (Å²) in [6, 6.07) is 9.55. The van der Waals surface area contributed by atoms with Crippen molar-refractivity contribution in [2.75, 3.05) is 0 Å². The quantitative estimate of drug-likeness (QED) is 0.162. The van der Waals surface area contributed by atoms with Gasteiger partial charge in [0.1, 0.15) is 23.3 Å². The van der Waals surface area contributed by atoms with Crippen molar-refractivity contribution < 1.29 is 28.7 Å². The number of esters is 2. The van der Waals surface area contributed by atoms with Crippen molar-refractivity contribution in [1.82, 2.24) is 10.6 Å². The van der Waals surface area contributed by atoms with Gasteiger partial charge in [0.2, 0.25) is 0 Å². The van der Waals surface area contributed by atoms with Crippen LogP contribution in [0.1, 0.15) is 114 Å². The van der Waals surface area contributed by atoms with E-state index in [1.54, 1.807) is 41.5 Å². The maximum absolute atomic E-state index is 13.7. The number of hydrogen-bond donors (Lipinski definition) is 2. The third-order valence-electron chi connectivity index (χ3n) is 6.55. The topological polar surface area (TPSA) is 111 Å². The summed E-state index contributed by atoms with van der Waals surface area (Å²) >= 11 is 0. The third-order valence-corrected chi connectivity index (χ3v) is 9.00. The fourth-order valence-corrected chi connectivity index (χ4v) is 7.16. The fourth-order valence-electron chi connectivity index (χ4n) is 4.67. The normalized spacial score (nSPS) is 13.3. The van der Waals surface area contributed by atoms with Crippen LogP contribution in [0.2, 0.25) is 0 Å². The Labute approximate surface area is 283 Å². The molecule has 0 unspecified atom stereocenters. The molecule has 46 heavy (non-hydrogen) atoms. The highest BCUT2D eigenvalue weighted by atomic mass is 33.1. The molecule has 2 amide bonds. The number of rotatable bonds is 13. The minimum atomic E-state index is -0.798. The second-order valence-corrected chi connectivity index (χ2v) is 16.7. The van der Waals surface area contributed by atoms with Gasteiger partial charge in [0.15, 0.2) is 0 Å². The molecule has 0 spiro atoms. The molecule has 2 atom stereocenters. The van der Waals surface area contributed by atoms with Crippen molar-refractivity contribution in [2.45, 2.75) is 129 Å². The molecule has 0 bridgehead atoms. The third kappa shape index (κ3) is 12.7. The SMILES string of the molecule is Cc1cccc(SSc2cccc(C)c2C(=O)N[C@H](CC(C)C)C(=O)OC(C)(C)C)c1C(=O)N[C@@H](CC(C)C)C(=O)OC(C)(C)C. The highest BCUT2D eigenvalue weighted by Crippen LogP contribution is 2.42. The lowest BCUT2D eigenvalue weighted by Crippen LogP contribution is -2.45. The molecule has 0 aromatic heterocycles. The van der Waals surface area contributed by atoms with E-state index in [9.17, 15) is 19.2 Å². The summed E-state index contributed by atoms with van der Waals surface area (Å²) in [5.41, 5.74) is 1.06. The lowest BCUT2D eigenvalue weighted by atomic mass is 10.0. The zero-order valence-electron chi connectivity index (χ0n) is 29.5. The van der Waals surface area contributed by atoms with Gasteiger partial charge < -0.3 is 20.1 Å². The molecule has 0 saturated carbocycles. The van der Waals surface area contributed by atoms with E-state index in [0.29, 0.717) is 33.8 Å². The zero-order chi connectivity index (χ0) is 35.0. The van der Waals surface area contributed by atoms with Crippen molar-refractivity contribution in [3.63, 3.8) is 0 Å². The van der Waals surface area contributed by atoms with Gasteiger partial charge in [-0.3, -0.25) is 9.59 Å². The molecule has 10 heteroatoms. The maximum Gasteiger partial charge on any atom is 0.329 e. The smallest absolute Gasteiger partial charge is 0.329 e. The van der Waals surface area contributed by atoms with Crippen LogP contribution in [0.3, 0.4) is 0 Å². The van der Waals surface area contributed by atoms with E-state index in [1.165, 1.54) is 21.6 Å². The summed E-state index contributed by atoms with van der Waals surface area (Å²) in [5, 5.41) is 5.85. The first-order valence-electron chi connectivity index (χ1n) is 15.8. The van der Waals surface area contributed by atoms with E-state index in [0.717, 1.165) is 11.1 Å². The van der Waals surface area contributed by atoms with E-state index < -0.39 is 35.2 Å². The standard InChI is InChI=1S/C36H52N2O6S2/c1-21(2)19-25(33(41)43-35(7,8)9)37-31(39)29-23(5)15-13-17-27(29)45-46-28-18-14-16-24(6)30(28)32(40)38-26(20-22(3)4)34(42)44-36(10,11)12/h13-18,21-22,25-26H,19-20H2,1-12H3,(H,37,39)(H,38,40)/t25-,26+. The molecule has 2 N–H and O–H groups in total.